The maximum Gasteiger partial charge on any atom is 0.255 e. The van der Waals surface area contributed by atoms with Crippen LogP contribution in [-0.4, -0.2) is 27.6 Å². The summed E-state index contributed by atoms with van der Waals surface area (Å²) in [7, 11) is 0. The Morgan fingerprint density at radius 3 is 2.81 bits per heavy atom. The van der Waals surface area contributed by atoms with Crippen molar-refractivity contribution in [2.45, 2.75) is 33.7 Å². The van der Waals surface area contributed by atoms with Crippen molar-refractivity contribution in [1.29, 1.82) is 0 Å². The number of rotatable bonds is 6. The van der Waals surface area contributed by atoms with Gasteiger partial charge in [0.2, 0.25) is 0 Å². The third-order valence-corrected chi connectivity index (χ3v) is 3.22. The zero-order valence-corrected chi connectivity index (χ0v) is 12.7. The van der Waals surface area contributed by atoms with Gasteiger partial charge in [0.05, 0.1) is 17.4 Å². The number of nitrogens with one attached hydrogen (secondary N) is 3. The van der Waals surface area contributed by atoms with E-state index < -0.39 is 0 Å². The number of anilines is 1. The molecule has 21 heavy (non-hydrogen) atoms. The van der Waals surface area contributed by atoms with Crippen LogP contribution in [0.1, 0.15) is 40.7 Å². The predicted molar refractivity (Wildman–Crippen MR) is 82.2 cm³/mol. The molecular weight excluding hydrogens is 266 g/mol. The summed E-state index contributed by atoms with van der Waals surface area (Å²) < 4.78 is 0. The molecule has 2 aromatic heterocycles. The van der Waals surface area contributed by atoms with E-state index in [1.165, 1.54) is 0 Å². The van der Waals surface area contributed by atoms with Crippen LogP contribution < -0.4 is 10.6 Å². The highest BCUT2D eigenvalue weighted by Gasteiger charge is 2.12. The first kappa shape index (κ1) is 15.0. The van der Waals surface area contributed by atoms with Crippen LogP contribution in [0, 0.1) is 13.8 Å². The highest BCUT2D eigenvalue weighted by Crippen LogP contribution is 2.16. The molecule has 0 aliphatic rings. The van der Waals surface area contributed by atoms with E-state index in [1.54, 1.807) is 12.4 Å². The molecule has 2 rings (SSSR count). The summed E-state index contributed by atoms with van der Waals surface area (Å²) in [6.45, 7) is 7.19. The Balaban J connectivity index is 2.09. The van der Waals surface area contributed by atoms with Crippen LogP contribution in [0.2, 0.25) is 0 Å². The molecule has 0 atom stereocenters. The summed E-state index contributed by atoms with van der Waals surface area (Å²) in [6.07, 6.45) is 4.33. The Hall–Kier alpha value is -2.37. The number of carbonyl (C=O) groups is 1. The molecule has 2 aromatic rings. The van der Waals surface area contributed by atoms with Crippen molar-refractivity contribution in [2.75, 3.05) is 11.9 Å². The largest absolute Gasteiger partial charge is 0.384 e. The minimum atomic E-state index is -0.137. The van der Waals surface area contributed by atoms with Crippen LogP contribution in [0.3, 0.4) is 0 Å². The first-order chi connectivity index (χ1) is 10.1. The number of pyridine rings is 1. The van der Waals surface area contributed by atoms with Gasteiger partial charge in [-0.25, -0.2) is 0 Å². The van der Waals surface area contributed by atoms with Gasteiger partial charge in [-0.1, -0.05) is 6.92 Å². The highest BCUT2D eigenvalue weighted by molar-refractivity contribution is 5.99. The summed E-state index contributed by atoms with van der Waals surface area (Å²) in [5, 5.41) is 13.0. The van der Waals surface area contributed by atoms with Gasteiger partial charge in [0.1, 0.15) is 0 Å². The molecular formula is C15H21N5O. The lowest BCUT2D eigenvalue weighted by atomic mass is 10.2. The Morgan fingerprint density at radius 1 is 1.33 bits per heavy atom. The molecule has 2 heterocycles. The van der Waals surface area contributed by atoms with Crippen molar-refractivity contribution >= 4 is 11.6 Å². The van der Waals surface area contributed by atoms with E-state index in [2.05, 4.69) is 32.7 Å². The summed E-state index contributed by atoms with van der Waals surface area (Å²) in [6, 6.07) is 1.90. The Labute approximate surface area is 124 Å². The normalized spacial score (nSPS) is 10.4. The molecule has 0 saturated carbocycles. The zero-order chi connectivity index (χ0) is 15.2. The number of hydrogen-bond acceptors (Lipinski definition) is 4. The van der Waals surface area contributed by atoms with E-state index in [0.29, 0.717) is 12.1 Å². The predicted octanol–water partition coefficient (Wildman–Crippen LogP) is 2.17. The molecule has 0 aliphatic carbocycles. The number of nitrogens with zero attached hydrogens (tertiary/aromatic N) is 2. The number of hydrogen-bond donors (Lipinski definition) is 3. The van der Waals surface area contributed by atoms with Gasteiger partial charge >= 0.3 is 0 Å². The average molecular weight is 287 g/mol. The topological polar surface area (TPSA) is 82.7 Å². The molecule has 112 valence electrons. The number of H-pyrrole nitrogens is 1. The van der Waals surface area contributed by atoms with Crippen LogP contribution in [0.5, 0.6) is 0 Å². The molecule has 0 bridgehead atoms. The van der Waals surface area contributed by atoms with Crippen molar-refractivity contribution in [1.82, 2.24) is 20.5 Å². The van der Waals surface area contributed by atoms with E-state index >= 15 is 0 Å². The third-order valence-electron chi connectivity index (χ3n) is 3.22. The third kappa shape index (κ3) is 3.81. The average Bonchev–Trinajstić information content (AvgIpc) is 2.88. The lowest BCUT2D eigenvalue weighted by Gasteiger charge is -2.12. The number of aromatic amines is 1. The van der Waals surface area contributed by atoms with Crippen molar-refractivity contribution in [3.05, 3.63) is 41.0 Å². The molecule has 0 spiro atoms. The minimum Gasteiger partial charge on any atom is -0.384 e. The molecule has 0 unspecified atom stereocenters. The van der Waals surface area contributed by atoms with Gasteiger partial charge in [0, 0.05) is 36.2 Å². The van der Waals surface area contributed by atoms with Crippen molar-refractivity contribution < 1.29 is 4.79 Å². The lowest BCUT2D eigenvalue weighted by Crippen LogP contribution is -2.24. The van der Waals surface area contributed by atoms with Crippen molar-refractivity contribution in [2.24, 2.45) is 0 Å². The van der Waals surface area contributed by atoms with Gasteiger partial charge in [-0.3, -0.25) is 14.9 Å². The van der Waals surface area contributed by atoms with E-state index in [1.807, 2.05) is 19.9 Å². The second-order valence-electron chi connectivity index (χ2n) is 5.00. The van der Waals surface area contributed by atoms with Gasteiger partial charge in [-0.05, 0) is 26.3 Å². The van der Waals surface area contributed by atoms with Gasteiger partial charge in [-0.15, -0.1) is 0 Å². The fourth-order valence-electron chi connectivity index (χ4n) is 1.97. The Bertz CT molecular complexity index is 620. The second-order valence-corrected chi connectivity index (χ2v) is 5.00. The molecule has 3 N–H and O–H groups in total. The Morgan fingerprint density at radius 2 is 2.14 bits per heavy atom. The van der Waals surface area contributed by atoms with Gasteiger partial charge in [0.15, 0.2) is 0 Å². The molecule has 0 fully saturated rings. The summed E-state index contributed by atoms with van der Waals surface area (Å²) >= 11 is 0. The fourth-order valence-corrected chi connectivity index (χ4v) is 1.97. The summed E-state index contributed by atoms with van der Waals surface area (Å²) in [5.74, 6) is -0.137. The van der Waals surface area contributed by atoms with Gasteiger partial charge in [-0.2, -0.15) is 5.10 Å². The maximum atomic E-state index is 12.3. The quantitative estimate of drug-likeness (QED) is 0.760. The number of carbonyl (C=O) groups excluding carboxylic acids is 1. The van der Waals surface area contributed by atoms with Crippen LogP contribution in [-0.2, 0) is 6.54 Å². The van der Waals surface area contributed by atoms with E-state index in [0.717, 1.165) is 35.6 Å². The Kier molecular flexibility index (Phi) is 4.92. The smallest absolute Gasteiger partial charge is 0.255 e. The monoisotopic (exact) mass is 287 g/mol. The van der Waals surface area contributed by atoms with Crippen LogP contribution in [0.4, 0.5) is 5.69 Å². The fraction of sp³-hybridized carbons (Fsp3) is 0.400. The SMILES string of the molecule is CCCNc1cc(C)ncc1C(=O)NCc1cn[nH]c1C. The minimum absolute atomic E-state index is 0.137. The van der Waals surface area contributed by atoms with E-state index in [-0.39, 0.29) is 5.91 Å². The van der Waals surface area contributed by atoms with E-state index in [9.17, 15) is 4.79 Å². The summed E-state index contributed by atoms with van der Waals surface area (Å²) in [4.78, 5) is 16.5. The molecule has 6 nitrogen and oxygen atoms in total. The molecule has 0 aromatic carbocycles. The molecule has 0 saturated heterocycles. The standard InChI is InChI=1S/C15H21N5O/c1-4-5-16-14-6-10(2)17-9-13(14)15(21)18-7-12-8-19-20-11(12)3/h6,8-9H,4-5,7H2,1-3H3,(H,16,17)(H,18,21)(H,19,20). The van der Waals surface area contributed by atoms with Crippen LogP contribution in [0.15, 0.2) is 18.5 Å². The number of aryl methyl sites for hydroxylation is 2. The first-order valence-corrected chi connectivity index (χ1v) is 7.09. The highest BCUT2D eigenvalue weighted by atomic mass is 16.1. The second kappa shape index (κ2) is 6.88. The van der Waals surface area contributed by atoms with Gasteiger partial charge < -0.3 is 10.6 Å². The van der Waals surface area contributed by atoms with Crippen LogP contribution >= 0.6 is 0 Å². The zero-order valence-electron chi connectivity index (χ0n) is 12.7. The summed E-state index contributed by atoms with van der Waals surface area (Å²) in [5.41, 5.74) is 4.21. The maximum absolute atomic E-state index is 12.3. The lowest BCUT2D eigenvalue weighted by molar-refractivity contribution is 0.0951. The molecule has 0 aliphatic heterocycles. The van der Waals surface area contributed by atoms with Gasteiger partial charge in [0.25, 0.3) is 5.91 Å². The molecule has 1 amide bonds. The van der Waals surface area contributed by atoms with Crippen molar-refractivity contribution in [3.63, 3.8) is 0 Å². The van der Waals surface area contributed by atoms with Crippen molar-refractivity contribution in [3.8, 4) is 0 Å². The number of amides is 1. The molecule has 6 heteroatoms. The number of aromatic nitrogens is 3. The molecule has 0 radical (unpaired) electrons. The first-order valence-electron chi connectivity index (χ1n) is 7.09. The van der Waals surface area contributed by atoms with E-state index in [4.69, 9.17) is 0 Å². The van der Waals surface area contributed by atoms with Crippen LogP contribution in [0.25, 0.3) is 0 Å².